The van der Waals surface area contributed by atoms with Crippen LogP contribution in [0, 0.1) is 6.92 Å². The number of hydrogen-bond donors (Lipinski definition) is 0. The number of carbonyl (C=O) groups excluding carboxylic acids is 1. The van der Waals surface area contributed by atoms with Gasteiger partial charge in [-0.05, 0) is 50.3 Å². The van der Waals surface area contributed by atoms with Crippen LogP contribution in [0.3, 0.4) is 0 Å². The summed E-state index contributed by atoms with van der Waals surface area (Å²) >= 11 is 6.64. The zero-order valence-corrected chi connectivity index (χ0v) is 18.3. The Bertz CT molecular complexity index is 1070. The fourth-order valence-corrected chi connectivity index (χ4v) is 5.11. The normalized spacial score (nSPS) is 19.0. The molecule has 0 aromatic carbocycles. The second-order valence-electron chi connectivity index (χ2n) is 7.42. The topological polar surface area (TPSA) is 57.9 Å². The molecular formula is C21H24N4O2S2. The van der Waals surface area contributed by atoms with E-state index in [1.165, 1.54) is 18.2 Å². The van der Waals surface area contributed by atoms with E-state index in [9.17, 15) is 9.59 Å². The summed E-state index contributed by atoms with van der Waals surface area (Å²) in [5.41, 5.74) is 1.92. The smallest absolute Gasteiger partial charge is 0.267 e. The standard InChI is InChI=1S/C21H24N4O2S2/c1-3-9-25-20(27)16(29-21(25)28)13-15-18(23-10-5-4-6-11-23)22-17-14(2)8-7-12-24(17)19(15)26/h7-8,12-13H,3-6,9-11H2,1-2H3. The Labute approximate surface area is 179 Å². The quantitative estimate of drug-likeness (QED) is 0.548. The van der Waals surface area contributed by atoms with Crippen LogP contribution >= 0.6 is 24.0 Å². The second-order valence-corrected chi connectivity index (χ2v) is 9.10. The van der Waals surface area contributed by atoms with Crippen LogP contribution in [0.4, 0.5) is 5.82 Å². The zero-order valence-electron chi connectivity index (χ0n) is 16.7. The van der Waals surface area contributed by atoms with Gasteiger partial charge in [-0.15, -0.1) is 0 Å². The predicted octanol–water partition coefficient (Wildman–Crippen LogP) is 3.60. The molecule has 2 saturated heterocycles. The van der Waals surface area contributed by atoms with Gasteiger partial charge in [0.2, 0.25) is 0 Å². The summed E-state index contributed by atoms with van der Waals surface area (Å²) in [5, 5.41) is 0. The van der Waals surface area contributed by atoms with Crippen LogP contribution < -0.4 is 10.5 Å². The van der Waals surface area contributed by atoms with Crippen LogP contribution in [0.1, 0.15) is 43.7 Å². The molecule has 6 nitrogen and oxygen atoms in total. The Morgan fingerprint density at radius 2 is 2.00 bits per heavy atom. The minimum Gasteiger partial charge on any atom is -0.356 e. The van der Waals surface area contributed by atoms with Gasteiger partial charge in [0.25, 0.3) is 11.5 Å². The Balaban J connectivity index is 1.88. The van der Waals surface area contributed by atoms with Crippen molar-refractivity contribution in [3.63, 3.8) is 0 Å². The molecular weight excluding hydrogens is 404 g/mol. The maximum Gasteiger partial charge on any atom is 0.267 e. The van der Waals surface area contributed by atoms with Crippen molar-refractivity contribution in [2.24, 2.45) is 0 Å². The van der Waals surface area contributed by atoms with E-state index in [1.807, 2.05) is 26.0 Å². The van der Waals surface area contributed by atoms with Crippen molar-refractivity contribution in [2.45, 2.75) is 39.5 Å². The molecule has 4 heterocycles. The number of thioether (sulfide) groups is 1. The number of anilines is 1. The van der Waals surface area contributed by atoms with Crippen molar-refractivity contribution in [2.75, 3.05) is 24.5 Å². The lowest BCUT2D eigenvalue weighted by Crippen LogP contribution is -2.33. The third-order valence-corrected chi connectivity index (χ3v) is 6.69. The molecule has 152 valence electrons. The first kappa shape index (κ1) is 20.1. The Hall–Kier alpha value is -2.19. The molecule has 2 aromatic rings. The summed E-state index contributed by atoms with van der Waals surface area (Å²) < 4.78 is 2.12. The van der Waals surface area contributed by atoms with Gasteiger partial charge in [-0.1, -0.05) is 37.0 Å². The first-order chi connectivity index (χ1) is 14.0. The maximum absolute atomic E-state index is 13.4. The molecule has 0 saturated carbocycles. The number of piperidine rings is 1. The molecule has 2 fully saturated rings. The summed E-state index contributed by atoms with van der Waals surface area (Å²) in [4.78, 5) is 35.4. The van der Waals surface area contributed by atoms with E-state index in [4.69, 9.17) is 17.2 Å². The third-order valence-electron chi connectivity index (χ3n) is 5.32. The molecule has 2 aromatic heterocycles. The van der Waals surface area contributed by atoms with Crippen molar-refractivity contribution < 1.29 is 4.79 Å². The second kappa shape index (κ2) is 8.28. The third kappa shape index (κ3) is 3.71. The molecule has 0 N–H and O–H groups in total. The van der Waals surface area contributed by atoms with Crippen molar-refractivity contribution in [1.82, 2.24) is 14.3 Å². The summed E-state index contributed by atoms with van der Waals surface area (Å²) in [6.45, 7) is 6.30. The number of rotatable bonds is 4. The maximum atomic E-state index is 13.4. The molecule has 4 rings (SSSR count). The highest BCUT2D eigenvalue weighted by atomic mass is 32.2. The van der Waals surface area contributed by atoms with Crippen LogP contribution in [0.15, 0.2) is 28.0 Å². The minimum atomic E-state index is -0.153. The molecule has 0 unspecified atom stereocenters. The van der Waals surface area contributed by atoms with E-state index < -0.39 is 0 Å². The molecule has 29 heavy (non-hydrogen) atoms. The van der Waals surface area contributed by atoms with Gasteiger partial charge in [-0.2, -0.15) is 0 Å². The fraction of sp³-hybridized carbons (Fsp3) is 0.429. The Morgan fingerprint density at radius 1 is 1.24 bits per heavy atom. The number of amides is 1. The van der Waals surface area contributed by atoms with Gasteiger partial charge in [-0.25, -0.2) is 4.98 Å². The number of aryl methyl sites for hydroxylation is 1. The molecule has 2 aliphatic rings. The van der Waals surface area contributed by atoms with Gasteiger partial charge in [0.1, 0.15) is 15.8 Å². The van der Waals surface area contributed by atoms with E-state index in [2.05, 4.69) is 4.90 Å². The highest BCUT2D eigenvalue weighted by Gasteiger charge is 2.32. The van der Waals surface area contributed by atoms with Crippen molar-refractivity contribution in [3.05, 3.63) is 44.7 Å². The lowest BCUT2D eigenvalue weighted by Gasteiger charge is -2.29. The van der Waals surface area contributed by atoms with Crippen molar-refractivity contribution in [1.29, 1.82) is 0 Å². The van der Waals surface area contributed by atoms with Gasteiger partial charge in [0.15, 0.2) is 0 Å². The number of carbonyl (C=O) groups is 1. The first-order valence-electron chi connectivity index (χ1n) is 10.0. The fourth-order valence-electron chi connectivity index (χ4n) is 3.82. The molecule has 1 amide bonds. The van der Waals surface area contributed by atoms with Crippen LogP contribution in [-0.4, -0.2) is 44.1 Å². The van der Waals surface area contributed by atoms with E-state index in [0.29, 0.717) is 32.8 Å². The highest BCUT2D eigenvalue weighted by molar-refractivity contribution is 8.26. The van der Waals surface area contributed by atoms with Gasteiger partial charge in [0, 0.05) is 25.8 Å². The highest BCUT2D eigenvalue weighted by Crippen LogP contribution is 2.34. The molecule has 0 atom stereocenters. The summed E-state index contributed by atoms with van der Waals surface area (Å²) in [5.74, 6) is 0.546. The summed E-state index contributed by atoms with van der Waals surface area (Å²) in [6.07, 6.45) is 7.60. The van der Waals surface area contributed by atoms with Crippen LogP contribution in [-0.2, 0) is 4.79 Å². The van der Waals surface area contributed by atoms with Crippen LogP contribution in [0.5, 0.6) is 0 Å². The molecule has 2 aliphatic heterocycles. The number of aromatic nitrogens is 2. The molecule has 0 radical (unpaired) electrons. The predicted molar refractivity (Wildman–Crippen MR) is 122 cm³/mol. The van der Waals surface area contributed by atoms with Crippen LogP contribution in [0.25, 0.3) is 11.7 Å². The largest absolute Gasteiger partial charge is 0.356 e. The van der Waals surface area contributed by atoms with Gasteiger partial charge >= 0.3 is 0 Å². The number of pyridine rings is 1. The number of nitrogens with zero attached hydrogens (tertiary/aromatic N) is 4. The van der Waals surface area contributed by atoms with E-state index in [-0.39, 0.29) is 11.5 Å². The molecule has 0 aliphatic carbocycles. The summed E-state index contributed by atoms with van der Waals surface area (Å²) in [7, 11) is 0. The summed E-state index contributed by atoms with van der Waals surface area (Å²) in [6, 6.07) is 3.80. The monoisotopic (exact) mass is 428 g/mol. The average molecular weight is 429 g/mol. The number of thiocarbonyl (C=S) groups is 1. The Kier molecular flexibility index (Phi) is 5.74. The van der Waals surface area contributed by atoms with E-state index >= 15 is 0 Å². The molecule has 8 heteroatoms. The molecule has 0 bridgehead atoms. The van der Waals surface area contributed by atoms with Crippen LogP contribution in [0.2, 0.25) is 0 Å². The van der Waals surface area contributed by atoms with Crippen molar-refractivity contribution >= 4 is 51.7 Å². The first-order valence-corrected chi connectivity index (χ1v) is 11.3. The zero-order chi connectivity index (χ0) is 20.5. The van der Waals surface area contributed by atoms with E-state index in [0.717, 1.165) is 37.9 Å². The van der Waals surface area contributed by atoms with Gasteiger partial charge in [-0.3, -0.25) is 18.9 Å². The number of fused-ring (bicyclic) bond motifs is 1. The van der Waals surface area contributed by atoms with Gasteiger partial charge in [0.05, 0.1) is 10.5 Å². The molecule has 0 spiro atoms. The lowest BCUT2D eigenvalue weighted by atomic mass is 10.1. The SMILES string of the molecule is CCCN1C(=O)C(=Cc2c(N3CCCCC3)nc3c(C)cccn3c2=O)SC1=S. The van der Waals surface area contributed by atoms with Gasteiger partial charge < -0.3 is 4.90 Å². The Morgan fingerprint density at radius 3 is 2.72 bits per heavy atom. The minimum absolute atomic E-state index is 0.125. The van der Waals surface area contributed by atoms with E-state index in [1.54, 1.807) is 21.6 Å². The van der Waals surface area contributed by atoms with Crippen molar-refractivity contribution in [3.8, 4) is 0 Å². The number of hydrogen-bond acceptors (Lipinski definition) is 6. The average Bonchev–Trinajstić information content (AvgIpc) is 2.99. The lowest BCUT2D eigenvalue weighted by molar-refractivity contribution is -0.122.